The van der Waals surface area contributed by atoms with Gasteiger partial charge in [0.1, 0.15) is 11.6 Å². The van der Waals surface area contributed by atoms with E-state index in [0.29, 0.717) is 5.82 Å². The summed E-state index contributed by atoms with van der Waals surface area (Å²) in [5, 5.41) is 5.97. The molecule has 0 spiro atoms. The average Bonchev–Trinajstić information content (AvgIpc) is 3.37. The van der Waals surface area contributed by atoms with Gasteiger partial charge in [-0.1, -0.05) is 59.7 Å². The minimum Gasteiger partial charge on any atom is -0.347 e. The highest BCUT2D eigenvalue weighted by Gasteiger charge is 2.34. The summed E-state index contributed by atoms with van der Waals surface area (Å²) in [5.74, 6) is -0.101. The number of hydrogen-bond donors (Lipinski definition) is 3. The Morgan fingerprint density at radius 1 is 1.24 bits per heavy atom. The van der Waals surface area contributed by atoms with Crippen molar-refractivity contribution in [2.24, 2.45) is 5.73 Å². The molecule has 2 aromatic rings. The van der Waals surface area contributed by atoms with Gasteiger partial charge in [-0.25, -0.2) is 4.98 Å². The highest BCUT2D eigenvalue weighted by atomic mass is 16.2. The Hall–Kier alpha value is -3.45. The number of aromatic nitrogens is 2. The van der Waals surface area contributed by atoms with E-state index >= 15 is 0 Å². The van der Waals surface area contributed by atoms with Crippen molar-refractivity contribution in [2.45, 2.75) is 57.7 Å². The lowest BCUT2D eigenvalue weighted by Crippen LogP contribution is -2.47. The number of allylic oxidation sites excluding steroid dienone is 4. The number of benzene rings is 1. The molecule has 0 fully saturated rings. The molecule has 2 atom stereocenters. The quantitative estimate of drug-likeness (QED) is 0.630. The third-order valence-electron chi connectivity index (χ3n) is 6.43. The van der Waals surface area contributed by atoms with Gasteiger partial charge in [0.2, 0.25) is 11.8 Å². The standard InChI is InChI=1S/C26H31N5O2/c1-17-8-7-11-18-12-13-21(20(18)14-17)29-25(33)26(2,3)31-15-22(28-16-31)30-24(32)23(27)19-9-5-4-6-10-19/h4-10,14-16,21,23H,11-13,27H2,1-3H3,(H,29,33)(H,30,32)/t21?,23-/m0/s1. The second kappa shape index (κ2) is 9.19. The third kappa shape index (κ3) is 4.83. The molecular weight excluding hydrogens is 414 g/mol. The number of nitrogens with one attached hydrogen (secondary N) is 2. The topological polar surface area (TPSA) is 102 Å². The second-order valence-corrected chi connectivity index (χ2v) is 9.22. The van der Waals surface area contributed by atoms with Gasteiger partial charge in [-0.05, 0) is 51.2 Å². The van der Waals surface area contributed by atoms with Crippen molar-refractivity contribution in [3.63, 3.8) is 0 Å². The lowest BCUT2D eigenvalue weighted by molar-refractivity contribution is -0.128. The van der Waals surface area contributed by atoms with Crippen LogP contribution in [0.5, 0.6) is 0 Å². The molecule has 172 valence electrons. The van der Waals surface area contributed by atoms with Crippen LogP contribution in [0.15, 0.2) is 77.8 Å². The van der Waals surface area contributed by atoms with E-state index in [9.17, 15) is 9.59 Å². The molecule has 2 aliphatic rings. The van der Waals surface area contributed by atoms with Gasteiger partial charge in [0.05, 0.1) is 12.4 Å². The maximum atomic E-state index is 13.3. The van der Waals surface area contributed by atoms with Gasteiger partial charge >= 0.3 is 0 Å². The van der Waals surface area contributed by atoms with Crippen LogP contribution in [-0.4, -0.2) is 27.4 Å². The number of nitrogens with two attached hydrogens (primary N) is 1. The Morgan fingerprint density at radius 2 is 2.00 bits per heavy atom. The van der Waals surface area contributed by atoms with E-state index in [1.807, 2.05) is 32.0 Å². The van der Waals surface area contributed by atoms with Gasteiger partial charge in [-0.2, -0.15) is 0 Å². The number of anilines is 1. The molecule has 7 heteroatoms. The fourth-order valence-electron chi connectivity index (χ4n) is 4.28. The Kier molecular flexibility index (Phi) is 6.33. The van der Waals surface area contributed by atoms with Crippen LogP contribution in [0.2, 0.25) is 0 Å². The van der Waals surface area contributed by atoms with Crippen molar-refractivity contribution in [1.82, 2.24) is 14.9 Å². The molecule has 0 bridgehead atoms. The molecule has 2 amide bonds. The summed E-state index contributed by atoms with van der Waals surface area (Å²) in [6.07, 6.45) is 12.6. The molecule has 4 rings (SSSR count). The first-order valence-corrected chi connectivity index (χ1v) is 11.3. The number of nitrogens with zero attached hydrogens (tertiary/aromatic N) is 2. The Morgan fingerprint density at radius 3 is 2.76 bits per heavy atom. The molecule has 1 heterocycles. The minimum atomic E-state index is -0.886. The number of imidazole rings is 1. The third-order valence-corrected chi connectivity index (χ3v) is 6.43. The molecular formula is C26H31N5O2. The van der Waals surface area contributed by atoms with E-state index in [1.54, 1.807) is 29.2 Å². The zero-order chi connectivity index (χ0) is 23.6. The molecule has 2 aliphatic carbocycles. The van der Waals surface area contributed by atoms with Crippen LogP contribution in [-0.2, 0) is 15.1 Å². The van der Waals surface area contributed by atoms with Gasteiger partial charge in [-0.3, -0.25) is 9.59 Å². The monoisotopic (exact) mass is 445 g/mol. The predicted octanol–water partition coefficient (Wildman–Crippen LogP) is 3.74. The van der Waals surface area contributed by atoms with Crippen LogP contribution in [0.4, 0.5) is 5.82 Å². The van der Waals surface area contributed by atoms with Crippen LogP contribution >= 0.6 is 0 Å². The van der Waals surface area contributed by atoms with Gasteiger partial charge in [0, 0.05) is 6.20 Å². The van der Waals surface area contributed by atoms with Gasteiger partial charge in [0.25, 0.3) is 0 Å². The number of hydrogen-bond acceptors (Lipinski definition) is 4. The Balaban J connectivity index is 1.43. The van der Waals surface area contributed by atoms with Crippen LogP contribution in [0, 0.1) is 0 Å². The fourth-order valence-corrected chi connectivity index (χ4v) is 4.28. The van der Waals surface area contributed by atoms with E-state index in [4.69, 9.17) is 5.73 Å². The van der Waals surface area contributed by atoms with Gasteiger partial charge in [0.15, 0.2) is 5.82 Å². The van der Waals surface area contributed by atoms with Crippen molar-refractivity contribution in [1.29, 1.82) is 0 Å². The SMILES string of the molecule is CC1=CC2=C(CC=C1)CCC2NC(=O)C(C)(C)n1cnc(NC(=O)[C@@H](N)c2ccccc2)c1. The highest BCUT2D eigenvalue weighted by molar-refractivity contribution is 5.94. The Bertz CT molecular complexity index is 1140. The molecule has 7 nitrogen and oxygen atoms in total. The van der Waals surface area contributed by atoms with Crippen LogP contribution < -0.4 is 16.4 Å². The number of amides is 2. The summed E-state index contributed by atoms with van der Waals surface area (Å²) in [7, 11) is 0. The Labute approximate surface area is 194 Å². The summed E-state index contributed by atoms with van der Waals surface area (Å²) in [6.45, 7) is 5.76. The fraction of sp³-hybridized carbons (Fsp3) is 0.346. The number of carbonyl (C=O) groups is 2. The number of carbonyl (C=O) groups excluding carboxylic acids is 2. The summed E-state index contributed by atoms with van der Waals surface area (Å²) >= 11 is 0. The van der Waals surface area contributed by atoms with E-state index in [-0.39, 0.29) is 17.9 Å². The molecule has 0 aliphatic heterocycles. The molecule has 4 N–H and O–H groups in total. The minimum absolute atomic E-state index is 0.00758. The van der Waals surface area contributed by atoms with Crippen LogP contribution in [0.3, 0.4) is 0 Å². The molecule has 0 saturated heterocycles. The smallest absolute Gasteiger partial charge is 0.247 e. The van der Waals surface area contributed by atoms with Crippen LogP contribution in [0.25, 0.3) is 0 Å². The first-order valence-electron chi connectivity index (χ1n) is 11.3. The van der Waals surface area contributed by atoms with Gasteiger partial charge < -0.3 is 20.9 Å². The second-order valence-electron chi connectivity index (χ2n) is 9.22. The predicted molar refractivity (Wildman–Crippen MR) is 129 cm³/mol. The van der Waals surface area contributed by atoms with Crippen molar-refractivity contribution in [3.8, 4) is 0 Å². The average molecular weight is 446 g/mol. The largest absolute Gasteiger partial charge is 0.347 e. The molecule has 0 saturated carbocycles. The molecule has 33 heavy (non-hydrogen) atoms. The first-order chi connectivity index (χ1) is 15.8. The van der Waals surface area contributed by atoms with Crippen molar-refractivity contribution in [3.05, 3.63) is 83.4 Å². The van der Waals surface area contributed by atoms with Crippen LogP contribution in [0.1, 0.15) is 51.6 Å². The molecule has 0 radical (unpaired) electrons. The van der Waals surface area contributed by atoms with Gasteiger partial charge in [-0.15, -0.1) is 0 Å². The molecule has 1 aromatic carbocycles. The van der Waals surface area contributed by atoms with E-state index < -0.39 is 11.6 Å². The van der Waals surface area contributed by atoms with E-state index in [0.717, 1.165) is 24.8 Å². The highest BCUT2D eigenvalue weighted by Crippen LogP contribution is 2.33. The van der Waals surface area contributed by atoms with Crippen molar-refractivity contribution < 1.29 is 9.59 Å². The summed E-state index contributed by atoms with van der Waals surface area (Å²) < 4.78 is 1.71. The lowest BCUT2D eigenvalue weighted by atomic mass is 10.0. The van der Waals surface area contributed by atoms with E-state index in [1.165, 1.54) is 16.7 Å². The van der Waals surface area contributed by atoms with E-state index in [2.05, 4.69) is 40.8 Å². The normalized spacial score (nSPS) is 18.9. The summed E-state index contributed by atoms with van der Waals surface area (Å²) in [6, 6.07) is 8.36. The lowest BCUT2D eigenvalue weighted by Gasteiger charge is -2.28. The maximum Gasteiger partial charge on any atom is 0.247 e. The summed E-state index contributed by atoms with van der Waals surface area (Å²) in [5.41, 5.74) is 9.73. The first kappa shape index (κ1) is 22.7. The molecule has 1 unspecified atom stereocenters. The maximum absolute atomic E-state index is 13.3. The molecule has 1 aromatic heterocycles. The van der Waals surface area contributed by atoms with Crippen molar-refractivity contribution >= 4 is 17.6 Å². The number of rotatable bonds is 6. The zero-order valence-electron chi connectivity index (χ0n) is 19.3. The zero-order valence-corrected chi connectivity index (χ0v) is 19.3. The van der Waals surface area contributed by atoms with Crippen molar-refractivity contribution in [2.75, 3.05) is 5.32 Å². The summed E-state index contributed by atoms with van der Waals surface area (Å²) in [4.78, 5) is 30.1.